The summed E-state index contributed by atoms with van der Waals surface area (Å²) in [6, 6.07) is 15.0. The zero-order chi connectivity index (χ0) is 26.6. The maximum Gasteiger partial charge on any atom is 0.254 e. The molecule has 3 aromatic rings. The molecule has 5 rings (SSSR count). The predicted molar refractivity (Wildman–Crippen MR) is 147 cm³/mol. The standard InChI is InChI=1S/C30H34N2O5S/c1-4-20(2)16-31(30(34)22-7-10-26-27(15-22)37-19-36-26)17-29(33)32-13-11-28-24(12-14-38-28)25(32)18-35-23-8-5-21(3)6-9-23/h5-10,12,14-15,20,25H,4,11,13,16-19H2,1-3H3. The van der Waals surface area contributed by atoms with Crippen LogP contribution >= 0.6 is 11.3 Å². The maximum absolute atomic E-state index is 13.8. The first-order valence-electron chi connectivity index (χ1n) is 13.2. The highest BCUT2D eigenvalue weighted by Crippen LogP contribution is 2.35. The Morgan fingerprint density at radius 3 is 2.71 bits per heavy atom. The van der Waals surface area contributed by atoms with Crippen LogP contribution < -0.4 is 14.2 Å². The van der Waals surface area contributed by atoms with Gasteiger partial charge in [-0.05, 0) is 66.6 Å². The summed E-state index contributed by atoms with van der Waals surface area (Å²) in [6.45, 7) is 7.85. The first-order chi connectivity index (χ1) is 18.4. The van der Waals surface area contributed by atoms with Gasteiger partial charge in [0.15, 0.2) is 11.5 Å². The molecule has 7 nitrogen and oxygen atoms in total. The minimum atomic E-state index is -0.204. The number of thiophene rings is 1. The highest BCUT2D eigenvalue weighted by atomic mass is 32.1. The second-order valence-corrected chi connectivity index (χ2v) is 11.0. The van der Waals surface area contributed by atoms with Crippen molar-refractivity contribution in [2.24, 2.45) is 5.92 Å². The highest BCUT2D eigenvalue weighted by Gasteiger charge is 2.34. The molecule has 8 heteroatoms. The van der Waals surface area contributed by atoms with E-state index in [0.717, 1.165) is 24.2 Å². The molecule has 0 saturated carbocycles. The van der Waals surface area contributed by atoms with Crippen molar-refractivity contribution >= 4 is 23.2 Å². The van der Waals surface area contributed by atoms with Crippen molar-refractivity contribution in [3.63, 3.8) is 0 Å². The normalized spacial score (nSPS) is 16.6. The van der Waals surface area contributed by atoms with Gasteiger partial charge < -0.3 is 24.0 Å². The lowest BCUT2D eigenvalue weighted by atomic mass is 10.00. The van der Waals surface area contributed by atoms with Gasteiger partial charge in [0.1, 0.15) is 18.9 Å². The number of carbonyl (C=O) groups excluding carboxylic acids is 2. The molecule has 38 heavy (non-hydrogen) atoms. The van der Waals surface area contributed by atoms with Gasteiger partial charge >= 0.3 is 0 Å². The third-order valence-corrected chi connectivity index (χ3v) is 8.30. The summed E-state index contributed by atoms with van der Waals surface area (Å²) >= 11 is 1.72. The number of fused-ring (bicyclic) bond motifs is 2. The number of nitrogens with zero attached hydrogens (tertiary/aromatic N) is 2. The molecule has 0 N–H and O–H groups in total. The van der Waals surface area contributed by atoms with Crippen LogP contribution in [0.3, 0.4) is 0 Å². The molecule has 2 aliphatic heterocycles. The first-order valence-corrected chi connectivity index (χ1v) is 14.0. The summed E-state index contributed by atoms with van der Waals surface area (Å²) in [5.74, 6) is 1.96. The Bertz CT molecular complexity index is 1290. The van der Waals surface area contributed by atoms with E-state index in [1.165, 1.54) is 10.4 Å². The monoisotopic (exact) mass is 534 g/mol. The van der Waals surface area contributed by atoms with Crippen LogP contribution in [-0.2, 0) is 11.2 Å². The van der Waals surface area contributed by atoms with Crippen LogP contribution in [0.25, 0.3) is 0 Å². The number of benzene rings is 2. The van der Waals surface area contributed by atoms with Crippen molar-refractivity contribution in [1.29, 1.82) is 0 Å². The van der Waals surface area contributed by atoms with Crippen molar-refractivity contribution in [2.45, 2.75) is 39.7 Å². The topological polar surface area (TPSA) is 68.3 Å². The van der Waals surface area contributed by atoms with E-state index in [9.17, 15) is 9.59 Å². The van der Waals surface area contributed by atoms with Crippen molar-refractivity contribution in [2.75, 3.05) is 33.0 Å². The van der Waals surface area contributed by atoms with Crippen LogP contribution in [0.15, 0.2) is 53.9 Å². The molecular weight excluding hydrogens is 500 g/mol. The molecule has 2 amide bonds. The Morgan fingerprint density at radius 1 is 1.13 bits per heavy atom. The van der Waals surface area contributed by atoms with Crippen molar-refractivity contribution in [3.05, 3.63) is 75.5 Å². The summed E-state index contributed by atoms with van der Waals surface area (Å²) in [4.78, 5) is 32.3. The minimum Gasteiger partial charge on any atom is -0.491 e. The lowest BCUT2D eigenvalue weighted by molar-refractivity contribution is -0.135. The molecule has 0 spiro atoms. The molecule has 0 saturated heterocycles. The Hall–Kier alpha value is -3.52. The van der Waals surface area contributed by atoms with E-state index >= 15 is 0 Å². The smallest absolute Gasteiger partial charge is 0.254 e. The van der Waals surface area contributed by atoms with E-state index in [0.29, 0.717) is 36.8 Å². The van der Waals surface area contributed by atoms with Gasteiger partial charge in [-0.15, -0.1) is 11.3 Å². The molecule has 0 fully saturated rings. The third-order valence-electron chi connectivity index (χ3n) is 7.31. The third kappa shape index (κ3) is 5.65. The van der Waals surface area contributed by atoms with Gasteiger partial charge in [-0.3, -0.25) is 9.59 Å². The molecule has 2 aromatic carbocycles. The van der Waals surface area contributed by atoms with Crippen LogP contribution in [0.4, 0.5) is 0 Å². The van der Waals surface area contributed by atoms with E-state index in [4.69, 9.17) is 14.2 Å². The van der Waals surface area contributed by atoms with E-state index in [2.05, 4.69) is 25.3 Å². The number of ether oxygens (including phenoxy) is 3. The Labute approximate surface area is 227 Å². The maximum atomic E-state index is 13.8. The molecule has 2 aliphatic rings. The Balaban J connectivity index is 1.35. The summed E-state index contributed by atoms with van der Waals surface area (Å²) in [6.07, 6.45) is 1.72. The second-order valence-electron chi connectivity index (χ2n) is 10.0. The molecule has 2 atom stereocenters. The summed E-state index contributed by atoms with van der Waals surface area (Å²) in [5, 5.41) is 2.08. The number of hydrogen-bond donors (Lipinski definition) is 0. The van der Waals surface area contributed by atoms with Gasteiger partial charge in [-0.2, -0.15) is 0 Å². The fourth-order valence-corrected chi connectivity index (χ4v) is 5.80. The zero-order valence-electron chi connectivity index (χ0n) is 22.1. The average molecular weight is 535 g/mol. The zero-order valence-corrected chi connectivity index (χ0v) is 23.0. The van der Waals surface area contributed by atoms with Gasteiger partial charge in [0.25, 0.3) is 5.91 Å². The predicted octanol–water partition coefficient (Wildman–Crippen LogP) is 5.48. The molecule has 0 aliphatic carbocycles. The molecule has 0 bridgehead atoms. The van der Waals surface area contributed by atoms with Crippen LogP contribution in [0.5, 0.6) is 17.2 Å². The average Bonchev–Trinajstić information content (AvgIpc) is 3.60. The fraction of sp³-hybridized carbons (Fsp3) is 0.400. The number of carbonyl (C=O) groups is 2. The van der Waals surface area contributed by atoms with Crippen molar-refractivity contribution in [3.8, 4) is 17.2 Å². The lowest BCUT2D eigenvalue weighted by Crippen LogP contribution is -2.48. The molecule has 3 heterocycles. The van der Waals surface area contributed by atoms with Gasteiger partial charge in [0.05, 0.1) is 6.04 Å². The van der Waals surface area contributed by atoms with E-state index in [1.54, 1.807) is 34.4 Å². The van der Waals surface area contributed by atoms with Gasteiger partial charge in [0.2, 0.25) is 12.7 Å². The Kier molecular flexibility index (Phi) is 7.88. The van der Waals surface area contributed by atoms with Gasteiger partial charge in [-0.25, -0.2) is 0 Å². The minimum absolute atomic E-state index is 0.0120. The summed E-state index contributed by atoms with van der Waals surface area (Å²) in [7, 11) is 0. The highest BCUT2D eigenvalue weighted by molar-refractivity contribution is 7.10. The van der Waals surface area contributed by atoms with E-state index < -0.39 is 0 Å². The number of rotatable bonds is 9. The summed E-state index contributed by atoms with van der Waals surface area (Å²) < 4.78 is 17.0. The molecule has 0 radical (unpaired) electrons. The van der Waals surface area contributed by atoms with Gasteiger partial charge in [-0.1, -0.05) is 38.0 Å². The fourth-order valence-electron chi connectivity index (χ4n) is 4.88. The van der Waals surface area contributed by atoms with Crippen LogP contribution in [0.1, 0.15) is 52.7 Å². The largest absolute Gasteiger partial charge is 0.491 e. The summed E-state index contributed by atoms with van der Waals surface area (Å²) in [5.41, 5.74) is 2.79. The molecule has 1 aromatic heterocycles. The number of aryl methyl sites for hydroxylation is 1. The quantitative estimate of drug-likeness (QED) is 0.364. The molecular formula is C30H34N2O5S. The number of amides is 2. The van der Waals surface area contributed by atoms with Gasteiger partial charge in [0, 0.05) is 23.5 Å². The second kappa shape index (κ2) is 11.5. The molecule has 2 unspecified atom stereocenters. The Morgan fingerprint density at radius 2 is 1.92 bits per heavy atom. The van der Waals surface area contributed by atoms with Crippen LogP contribution in [0, 0.1) is 12.8 Å². The number of hydrogen-bond acceptors (Lipinski definition) is 6. The molecule has 200 valence electrons. The lowest BCUT2D eigenvalue weighted by Gasteiger charge is -2.37. The van der Waals surface area contributed by atoms with Crippen LogP contribution in [-0.4, -0.2) is 54.6 Å². The van der Waals surface area contributed by atoms with Crippen molar-refractivity contribution in [1.82, 2.24) is 9.80 Å². The first kappa shape index (κ1) is 26.1. The van der Waals surface area contributed by atoms with E-state index in [-0.39, 0.29) is 37.1 Å². The van der Waals surface area contributed by atoms with Crippen molar-refractivity contribution < 1.29 is 23.8 Å². The van der Waals surface area contributed by atoms with E-state index in [1.807, 2.05) is 36.1 Å². The van der Waals surface area contributed by atoms with Crippen LogP contribution in [0.2, 0.25) is 0 Å². The SMILES string of the molecule is CCC(C)CN(CC(=O)N1CCc2sccc2C1COc1ccc(C)cc1)C(=O)c1ccc2c(c1)OCO2.